The highest BCUT2D eigenvalue weighted by Gasteiger charge is 2.32. The molecule has 0 saturated heterocycles. The fourth-order valence-electron chi connectivity index (χ4n) is 5.85. The number of nitrogens with one attached hydrogen (secondary N) is 1. The second kappa shape index (κ2) is 20.8. The average Bonchev–Trinajstić information content (AvgIpc) is 3.23. The summed E-state index contributed by atoms with van der Waals surface area (Å²) in [7, 11) is 4.22. The van der Waals surface area contributed by atoms with Crippen molar-refractivity contribution in [2.24, 2.45) is 5.92 Å². The molecule has 48 heavy (non-hydrogen) atoms. The Kier molecular flexibility index (Phi) is 18.0. The molecule has 9 nitrogen and oxygen atoms in total. The van der Waals surface area contributed by atoms with Crippen molar-refractivity contribution in [3.8, 4) is 5.75 Å². The first kappa shape index (κ1) is 41.5. The summed E-state index contributed by atoms with van der Waals surface area (Å²) < 4.78 is 33.8. The summed E-state index contributed by atoms with van der Waals surface area (Å²) in [6, 6.07) is 11.5. The molecule has 2 bridgehead atoms. The highest BCUT2D eigenvalue weighted by molar-refractivity contribution is 7.83. The highest BCUT2D eigenvalue weighted by atomic mass is 35.5. The molecule has 2 aromatic carbocycles. The minimum Gasteiger partial charge on any atom is -0.491 e. The van der Waals surface area contributed by atoms with Crippen LogP contribution in [0.1, 0.15) is 90.7 Å². The van der Waals surface area contributed by atoms with Gasteiger partial charge >= 0.3 is 0 Å². The maximum atomic E-state index is 13.3. The second-order valence-corrected chi connectivity index (χ2v) is 14.6. The summed E-state index contributed by atoms with van der Waals surface area (Å²) >= 11 is 6.38. The van der Waals surface area contributed by atoms with E-state index in [2.05, 4.69) is 35.6 Å². The zero-order chi connectivity index (χ0) is 35.9. The van der Waals surface area contributed by atoms with E-state index in [4.69, 9.17) is 25.8 Å². The zero-order valence-electron chi connectivity index (χ0n) is 30.5. The van der Waals surface area contributed by atoms with Crippen molar-refractivity contribution in [2.75, 3.05) is 52.3 Å². The summed E-state index contributed by atoms with van der Waals surface area (Å²) in [6.07, 6.45) is 4.54. The first-order chi connectivity index (χ1) is 22.9. The van der Waals surface area contributed by atoms with Gasteiger partial charge in [-0.15, -0.1) is 0 Å². The monoisotopic (exact) mass is 707 g/mol. The minimum absolute atomic E-state index is 0.0792. The van der Waals surface area contributed by atoms with Crippen molar-refractivity contribution < 1.29 is 28.0 Å². The topological polar surface area (TPSA) is 97.4 Å². The van der Waals surface area contributed by atoms with Crippen LogP contribution in [0.5, 0.6) is 5.75 Å². The number of ether oxygens (including phenoxy) is 3. The number of amides is 1. The summed E-state index contributed by atoms with van der Waals surface area (Å²) in [5, 5.41) is 0.722. The molecule has 2 aliphatic heterocycles. The smallest absolute Gasteiger partial charge is 0.293 e. The number of hydrogen-bond acceptors (Lipinski definition) is 8. The molecule has 2 heterocycles. The van der Waals surface area contributed by atoms with Crippen LogP contribution in [0.15, 0.2) is 41.3 Å². The number of rotatable bonds is 6. The van der Waals surface area contributed by atoms with E-state index in [9.17, 15) is 13.8 Å². The maximum absolute atomic E-state index is 13.3. The van der Waals surface area contributed by atoms with Gasteiger partial charge in [-0.05, 0) is 114 Å². The molecule has 0 radical (unpaired) electrons. The molecule has 0 fully saturated rings. The Balaban J connectivity index is 0.00000124. The van der Waals surface area contributed by atoms with E-state index >= 15 is 0 Å². The summed E-state index contributed by atoms with van der Waals surface area (Å²) in [5.41, 5.74) is 2.09. The molecule has 4 unspecified atom stereocenters. The van der Waals surface area contributed by atoms with E-state index in [-0.39, 0.29) is 17.9 Å². The number of anilines is 1. The van der Waals surface area contributed by atoms with E-state index < -0.39 is 22.5 Å². The molecule has 4 rings (SSSR count). The van der Waals surface area contributed by atoms with Crippen LogP contribution in [0.4, 0.5) is 5.69 Å². The predicted molar refractivity (Wildman–Crippen MR) is 196 cm³/mol. The number of fused-ring (bicyclic) bond motifs is 1. The number of carbonyl (C=O) groups is 2. The van der Waals surface area contributed by atoms with Gasteiger partial charge < -0.3 is 24.0 Å². The van der Waals surface area contributed by atoms with Crippen LogP contribution in [0.3, 0.4) is 0 Å². The Labute approximate surface area is 296 Å². The number of halogens is 1. The average molecular weight is 708 g/mol. The number of aryl methyl sites for hydroxylation is 1. The molecule has 1 N–H and O–H groups in total. The lowest BCUT2D eigenvalue weighted by molar-refractivity contribution is -0.141. The van der Waals surface area contributed by atoms with Gasteiger partial charge in [0.2, 0.25) is 0 Å². The number of hydrogen-bond donors (Lipinski definition) is 1. The van der Waals surface area contributed by atoms with Gasteiger partial charge in [0.1, 0.15) is 17.5 Å². The van der Waals surface area contributed by atoms with Crippen LogP contribution >= 0.6 is 11.6 Å². The molecule has 4 atom stereocenters. The Bertz CT molecular complexity index is 1320. The van der Waals surface area contributed by atoms with E-state index in [0.717, 1.165) is 36.4 Å². The predicted octanol–water partition coefficient (Wildman–Crippen LogP) is 7.16. The van der Waals surface area contributed by atoms with Crippen LogP contribution in [0, 0.1) is 5.92 Å². The minimum atomic E-state index is -1.78. The SMILES string of the molecule is CC.CCCc1cc(Cl)ccc1C1COc2ccc3cc2N(CCC(CC)C(OC=O)CCCOC(C)(C)C(=O)NS3=O)C1.CN(C)C. The molecular weight excluding hydrogens is 650 g/mol. The lowest BCUT2D eigenvalue weighted by Crippen LogP contribution is -2.45. The molecule has 11 heteroatoms. The van der Waals surface area contributed by atoms with Gasteiger partial charge in [0.15, 0.2) is 11.0 Å². The first-order valence-corrected chi connectivity index (χ1v) is 18.8. The van der Waals surface area contributed by atoms with Gasteiger partial charge in [0.05, 0.1) is 17.2 Å². The molecule has 270 valence electrons. The second-order valence-electron chi connectivity index (χ2n) is 12.9. The Hall–Kier alpha value is -2.66. The van der Waals surface area contributed by atoms with Gasteiger partial charge in [-0.3, -0.25) is 14.3 Å². The summed E-state index contributed by atoms with van der Waals surface area (Å²) in [4.78, 5) is 29.2. The third-order valence-electron chi connectivity index (χ3n) is 8.31. The Morgan fingerprint density at radius 1 is 1.12 bits per heavy atom. The molecule has 0 aromatic heterocycles. The summed E-state index contributed by atoms with van der Waals surface area (Å²) in [5.74, 6) is 0.452. The third-order valence-corrected chi connectivity index (χ3v) is 9.60. The maximum Gasteiger partial charge on any atom is 0.293 e. The van der Waals surface area contributed by atoms with Gasteiger partial charge in [-0.2, -0.15) is 0 Å². The standard InChI is InChI=1S/C32H43ClN2O6S.C3H9N.C2H6/c1-5-8-23-17-25(33)10-12-27(23)24-19-35-15-14-22(6-2)29(40-21-36)9-7-16-41-32(3,4)31(37)34-42(38)26-11-13-30(39-20-24)28(35)18-26;1-4(2)3;1-2/h10-13,17-18,21-22,24,29H,5-9,14-16,19-20H2,1-4H3,(H,34,37);1-3H3;1-2H3. The van der Waals surface area contributed by atoms with E-state index in [1.54, 1.807) is 19.9 Å². The molecular formula is C37H58ClN3O6S. The molecule has 0 spiro atoms. The normalized spacial score (nSPS) is 22.8. The lowest BCUT2D eigenvalue weighted by atomic mass is 9.90. The highest BCUT2D eigenvalue weighted by Crippen LogP contribution is 2.38. The Morgan fingerprint density at radius 3 is 2.48 bits per heavy atom. The molecule has 2 aliphatic rings. The quantitative estimate of drug-likeness (QED) is 0.316. The van der Waals surface area contributed by atoms with Crippen LogP contribution in [-0.4, -0.2) is 80.6 Å². The molecule has 2 aromatic rings. The van der Waals surface area contributed by atoms with Crippen LogP contribution in [0.2, 0.25) is 5.02 Å². The van der Waals surface area contributed by atoms with Crippen molar-refractivity contribution in [3.05, 3.63) is 52.5 Å². The van der Waals surface area contributed by atoms with Gasteiger partial charge in [0.25, 0.3) is 12.4 Å². The largest absolute Gasteiger partial charge is 0.491 e. The van der Waals surface area contributed by atoms with Crippen LogP contribution < -0.4 is 14.4 Å². The van der Waals surface area contributed by atoms with Gasteiger partial charge in [-0.1, -0.05) is 51.8 Å². The number of benzene rings is 2. The van der Waals surface area contributed by atoms with Crippen molar-refractivity contribution in [2.45, 2.75) is 103 Å². The van der Waals surface area contributed by atoms with Crippen LogP contribution in [-0.2, 0) is 36.5 Å². The van der Waals surface area contributed by atoms with E-state index in [1.165, 1.54) is 11.1 Å². The molecule has 0 aliphatic carbocycles. The first-order valence-electron chi connectivity index (χ1n) is 17.3. The fraction of sp³-hybridized carbons (Fsp3) is 0.622. The van der Waals surface area contributed by atoms with Crippen molar-refractivity contribution in [1.82, 2.24) is 9.62 Å². The fourth-order valence-corrected chi connectivity index (χ4v) is 6.99. The van der Waals surface area contributed by atoms with Crippen molar-refractivity contribution in [3.63, 3.8) is 0 Å². The lowest BCUT2D eigenvalue weighted by Gasteiger charge is -2.32. The number of nitrogens with zero attached hydrogens (tertiary/aromatic N) is 2. The zero-order valence-corrected chi connectivity index (χ0v) is 32.0. The third kappa shape index (κ3) is 12.3. The van der Waals surface area contributed by atoms with Crippen molar-refractivity contribution >= 4 is 40.7 Å². The molecule has 0 saturated carbocycles. The molecule has 1 amide bonds. The van der Waals surface area contributed by atoms with Crippen LogP contribution in [0.25, 0.3) is 0 Å². The van der Waals surface area contributed by atoms with E-state index in [0.29, 0.717) is 56.3 Å². The summed E-state index contributed by atoms with van der Waals surface area (Å²) in [6.45, 7) is 14.3. The Morgan fingerprint density at radius 2 is 1.83 bits per heavy atom. The van der Waals surface area contributed by atoms with E-state index in [1.807, 2.05) is 58.1 Å². The van der Waals surface area contributed by atoms with Crippen molar-refractivity contribution in [1.29, 1.82) is 0 Å². The number of carbonyl (C=O) groups excluding carboxylic acids is 2. The van der Waals surface area contributed by atoms with Gasteiger partial charge in [0, 0.05) is 30.6 Å². The van der Waals surface area contributed by atoms with Gasteiger partial charge in [-0.25, -0.2) is 4.21 Å².